The number of alkyl halides is 2. The van der Waals surface area contributed by atoms with Crippen molar-refractivity contribution in [2.45, 2.75) is 37.5 Å². The van der Waals surface area contributed by atoms with E-state index in [9.17, 15) is 8.78 Å². The Balaban J connectivity index is 1.79. The second-order valence-electron chi connectivity index (χ2n) is 5.02. The molecule has 3 rings (SSSR count). The van der Waals surface area contributed by atoms with Crippen molar-refractivity contribution in [3.8, 4) is 0 Å². The van der Waals surface area contributed by atoms with Crippen LogP contribution in [0.3, 0.4) is 0 Å². The number of halogens is 3. The van der Waals surface area contributed by atoms with Crippen LogP contribution >= 0.6 is 11.6 Å². The molecular weight excluding hydrogens is 260 g/mol. The van der Waals surface area contributed by atoms with Crippen LogP contribution in [0.15, 0.2) is 6.07 Å². The lowest BCUT2D eigenvalue weighted by Gasteiger charge is -2.32. The van der Waals surface area contributed by atoms with Gasteiger partial charge in [0.2, 0.25) is 0 Å². The fourth-order valence-electron chi connectivity index (χ4n) is 2.17. The molecule has 18 heavy (non-hydrogen) atoms. The van der Waals surface area contributed by atoms with Crippen molar-refractivity contribution in [3.63, 3.8) is 0 Å². The van der Waals surface area contributed by atoms with Crippen molar-refractivity contribution in [1.82, 2.24) is 9.97 Å². The molecule has 0 spiro atoms. The monoisotopic (exact) mass is 273 g/mol. The summed E-state index contributed by atoms with van der Waals surface area (Å²) in [6.45, 7) is 0.648. The Bertz CT molecular complexity index is 453. The van der Waals surface area contributed by atoms with E-state index in [-0.39, 0.29) is 12.8 Å². The van der Waals surface area contributed by atoms with E-state index < -0.39 is 5.92 Å². The minimum Gasteiger partial charge on any atom is -0.356 e. The van der Waals surface area contributed by atoms with Crippen LogP contribution in [-0.2, 0) is 0 Å². The first-order valence-electron chi connectivity index (χ1n) is 6.21. The first-order chi connectivity index (χ1) is 8.53. The van der Waals surface area contributed by atoms with E-state index >= 15 is 0 Å². The topological polar surface area (TPSA) is 29.0 Å². The Morgan fingerprint density at radius 1 is 1.22 bits per heavy atom. The molecule has 98 valence electrons. The minimum atomic E-state index is -2.54. The fraction of sp³-hybridized carbons (Fsp3) is 0.667. The summed E-state index contributed by atoms with van der Waals surface area (Å²) in [5.41, 5.74) is 0. The first-order valence-corrected chi connectivity index (χ1v) is 6.59. The lowest BCUT2D eigenvalue weighted by Crippen LogP contribution is -2.39. The summed E-state index contributed by atoms with van der Waals surface area (Å²) < 4.78 is 26.2. The average Bonchev–Trinajstić information content (AvgIpc) is 3.11. The van der Waals surface area contributed by atoms with Crippen molar-refractivity contribution in [2.75, 3.05) is 18.0 Å². The highest BCUT2D eigenvalue weighted by atomic mass is 35.5. The van der Waals surface area contributed by atoms with Crippen LogP contribution in [-0.4, -0.2) is 29.0 Å². The third-order valence-corrected chi connectivity index (χ3v) is 3.65. The Morgan fingerprint density at radius 2 is 1.89 bits per heavy atom. The first kappa shape index (κ1) is 12.1. The fourth-order valence-corrected chi connectivity index (χ4v) is 2.36. The molecule has 0 unspecified atom stereocenters. The number of nitrogens with zero attached hydrogens (tertiary/aromatic N) is 3. The molecule has 0 radical (unpaired) electrons. The van der Waals surface area contributed by atoms with Gasteiger partial charge in [-0.05, 0) is 12.8 Å². The zero-order valence-electron chi connectivity index (χ0n) is 9.87. The molecule has 1 aliphatic heterocycles. The number of hydrogen-bond donors (Lipinski definition) is 0. The van der Waals surface area contributed by atoms with Gasteiger partial charge in [-0.15, -0.1) is 0 Å². The van der Waals surface area contributed by atoms with E-state index in [0.717, 1.165) is 18.7 Å². The van der Waals surface area contributed by atoms with E-state index in [1.54, 1.807) is 6.07 Å². The molecule has 0 atom stereocenters. The highest BCUT2D eigenvalue weighted by Crippen LogP contribution is 2.39. The third-order valence-electron chi connectivity index (χ3n) is 3.46. The standard InChI is InChI=1S/C12H14ClF2N3/c13-9-7-10(17-11(16-9)8-1-2-8)18-5-3-12(14,15)4-6-18/h7-8H,1-6H2. The third kappa shape index (κ3) is 2.55. The number of aromatic nitrogens is 2. The minimum absolute atomic E-state index is 0.118. The van der Waals surface area contributed by atoms with Gasteiger partial charge < -0.3 is 4.90 Å². The molecule has 1 aromatic rings. The van der Waals surface area contributed by atoms with E-state index in [2.05, 4.69) is 9.97 Å². The Labute approximate surface area is 109 Å². The van der Waals surface area contributed by atoms with Crippen LogP contribution < -0.4 is 4.90 Å². The van der Waals surface area contributed by atoms with Gasteiger partial charge in [-0.3, -0.25) is 0 Å². The number of anilines is 1. The average molecular weight is 274 g/mol. The van der Waals surface area contributed by atoms with E-state index in [0.29, 0.717) is 30.0 Å². The highest BCUT2D eigenvalue weighted by molar-refractivity contribution is 6.29. The van der Waals surface area contributed by atoms with Gasteiger partial charge in [-0.25, -0.2) is 18.7 Å². The van der Waals surface area contributed by atoms with Crippen LogP contribution in [0.4, 0.5) is 14.6 Å². The second kappa shape index (κ2) is 4.30. The van der Waals surface area contributed by atoms with E-state index in [1.807, 2.05) is 4.90 Å². The summed E-state index contributed by atoms with van der Waals surface area (Å²) in [5, 5.41) is 0.402. The molecule has 0 bridgehead atoms. The summed E-state index contributed by atoms with van der Waals surface area (Å²) in [7, 11) is 0. The van der Waals surface area contributed by atoms with Crippen molar-refractivity contribution >= 4 is 17.4 Å². The van der Waals surface area contributed by atoms with Crippen LogP contribution in [0.25, 0.3) is 0 Å². The Kier molecular flexibility index (Phi) is 2.88. The quantitative estimate of drug-likeness (QED) is 0.775. The normalized spacial score (nSPS) is 23.2. The van der Waals surface area contributed by atoms with Crippen LogP contribution in [0.1, 0.15) is 37.4 Å². The molecule has 3 nitrogen and oxygen atoms in total. The summed E-state index contributed by atoms with van der Waals surface area (Å²) in [6.07, 6.45) is 1.95. The van der Waals surface area contributed by atoms with Gasteiger partial charge in [0.25, 0.3) is 5.92 Å². The SMILES string of the molecule is FC1(F)CCN(c2cc(Cl)nc(C3CC3)n2)CC1. The van der Waals surface area contributed by atoms with Crippen molar-refractivity contribution in [3.05, 3.63) is 17.0 Å². The molecule has 0 N–H and O–H groups in total. The second-order valence-corrected chi connectivity index (χ2v) is 5.41. The molecule has 6 heteroatoms. The van der Waals surface area contributed by atoms with Crippen molar-refractivity contribution in [1.29, 1.82) is 0 Å². The molecule has 1 aromatic heterocycles. The number of piperidine rings is 1. The lowest BCUT2D eigenvalue weighted by molar-refractivity contribution is -0.0221. The van der Waals surface area contributed by atoms with Gasteiger partial charge >= 0.3 is 0 Å². The van der Waals surface area contributed by atoms with Crippen LogP contribution in [0.5, 0.6) is 0 Å². The van der Waals surface area contributed by atoms with Crippen molar-refractivity contribution in [2.24, 2.45) is 0 Å². The summed E-state index contributed by atoms with van der Waals surface area (Å²) in [5.74, 6) is -0.678. The summed E-state index contributed by atoms with van der Waals surface area (Å²) in [6, 6.07) is 1.66. The maximum Gasteiger partial charge on any atom is 0.251 e. The molecule has 0 aromatic carbocycles. The molecule has 1 saturated heterocycles. The van der Waals surface area contributed by atoms with E-state index in [4.69, 9.17) is 11.6 Å². The molecule has 2 aliphatic rings. The molecule has 1 aliphatic carbocycles. The van der Waals surface area contributed by atoms with Gasteiger partial charge in [0.15, 0.2) is 0 Å². The summed E-state index contributed by atoms with van der Waals surface area (Å²) >= 11 is 5.97. The predicted octanol–water partition coefficient (Wildman–Crippen LogP) is 3.24. The van der Waals surface area contributed by atoms with E-state index in [1.165, 1.54) is 0 Å². The number of hydrogen-bond acceptors (Lipinski definition) is 3. The maximum absolute atomic E-state index is 13.1. The Morgan fingerprint density at radius 3 is 2.50 bits per heavy atom. The van der Waals surface area contributed by atoms with Gasteiger partial charge in [-0.1, -0.05) is 11.6 Å². The molecule has 2 fully saturated rings. The molecular formula is C12H14ClF2N3. The number of rotatable bonds is 2. The zero-order chi connectivity index (χ0) is 12.8. The van der Waals surface area contributed by atoms with Gasteiger partial charge in [-0.2, -0.15) is 0 Å². The van der Waals surface area contributed by atoms with Crippen LogP contribution in [0, 0.1) is 0 Å². The maximum atomic E-state index is 13.1. The predicted molar refractivity (Wildman–Crippen MR) is 65.4 cm³/mol. The zero-order valence-corrected chi connectivity index (χ0v) is 10.6. The molecule has 1 saturated carbocycles. The summed E-state index contributed by atoms with van der Waals surface area (Å²) in [4.78, 5) is 10.5. The van der Waals surface area contributed by atoms with Gasteiger partial charge in [0, 0.05) is 37.9 Å². The smallest absolute Gasteiger partial charge is 0.251 e. The van der Waals surface area contributed by atoms with Crippen molar-refractivity contribution < 1.29 is 8.78 Å². The lowest BCUT2D eigenvalue weighted by atomic mass is 10.1. The molecule has 0 amide bonds. The van der Waals surface area contributed by atoms with Crippen LogP contribution in [0.2, 0.25) is 5.15 Å². The highest BCUT2D eigenvalue weighted by Gasteiger charge is 2.35. The Hall–Kier alpha value is -0.970. The largest absolute Gasteiger partial charge is 0.356 e. The molecule has 2 heterocycles. The van der Waals surface area contributed by atoms with Gasteiger partial charge in [0.1, 0.15) is 16.8 Å². The van der Waals surface area contributed by atoms with Gasteiger partial charge in [0.05, 0.1) is 0 Å².